The predicted octanol–water partition coefficient (Wildman–Crippen LogP) is 3.00. The molecular weight excluding hydrogens is 298 g/mol. The van der Waals surface area contributed by atoms with E-state index in [4.69, 9.17) is 10.2 Å². The van der Waals surface area contributed by atoms with Crippen LogP contribution in [0.5, 0.6) is 0 Å². The number of hydrogen-bond donors (Lipinski definition) is 2. The maximum Gasteiger partial charge on any atom is 0.371 e. The number of aliphatic hydroxyl groups excluding tert-OH is 1. The lowest BCUT2D eigenvalue weighted by molar-refractivity contribution is -0.135. The first-order chi connectivity index (χ1) is 9.56. The van der Waals surface area contributed by atoms with Crippen molar-refractivity contribution in [3.05, 3.63) is 53.2 Å². The van der Waals surface area contributed by atoms with Gasteiger partial charge in [0.1, 0.15) is 5.69 Å². The van der Waals surface area contributed by atoms with Crippen LogP contribution >= 0.6 is 23.1 Å². The highest BCUT2D eigenvalue weighted by Gasteiger charge is 2.13. The third-order valence-electron chi connectivity index (χ3n) is 2.17. The summed E-state index contributed by atoms with van der Waals surface area (Å²) < 4.78 is 0.669. The molecule has 102 valence electrons. The van der Waals surface area contributed by atoms with Crippen LogP contribution in [0.3, 0.4) is 0 Å². The molecule has 1 heterocycles. The molecule has 0 bridgehead atoms. The van der Waals surface area contributed by atoms with Crippen molar-refractivity contribution in [2.45, 2.75) is 9.24 Å². The van der Waals surface area contributed by atoms with Crippen molar-refractivity contribution in [1.82, 2.24) is 4.98 Å². The van der Waals surface area contributed by atoms with Crippen LogP contribution in [-0.4, -0.2) is 26.9 Å². The number of carboxylic acid groups (broad SMARTS) is 1. The summed E-state index contributed by atoms with van der Waals surface area (Å²) in [7, 11) is 0. The highest BCUT2D eigenvalue weighted by molar-refractivity contribution is 8.01. The van der Waals surface area contributed by atoms with Gasteiger partial charge in [-0.25, -0.2) is 9.78 Å². The van der Waals surface area contributed by atoms with Gasteiger partial charge in [-0.3, -0.25) is 4.79 Å². The zero-order chi connectivity index (χ0) is 14.5. The summed E-state index contributed by atoms with van der Waals surface area (Å²) in [4.78, 5) is 27.2. The van der Waals surface area contributed by atoms with Gasteiger partial charge >= 0.3 is 5.97 Å². The van der Waals surface area contributed by atoms with E-state index < -0.39 is 17.5 Å². The van der Waals surface area contributed by atoms with E-state index in [1.165, 1.54) is 28.5 Å². The average Bonchev–Trinajstić information content (AvgIpc) is 2.88. The minimum Gasteiger partial charge on any atom is -0.502 e. The zero-order valence-corrected chi connectivity index (χ0v) is 11.6. The lowest BCUT2D eigenvalue weighted by Gasteiger charge is -1.95. The molecule has 0 aliphatic rings. The molecule has 20 heavy (non-hydrogen) atoms. The Labute approximate surface area is 122 Å². The van der Waals surface area contributed by atoms with Crippen LogP contribution < -0.4 is 0 Å². The number of ketones is 1. The van der Waals surface area contributed by atoms with E-state index in [-0.39, 0.29) is 5.69 Å². The molecule has 0 aliphatic heterocycles. The van der Waals surface area contributed by atoms with Gasteiger partial charge in [0.2, 0.25) is 11.5 Å². The van der Waals surface area contributed by atoms with Crippen LogP contribution in [0.4, 0.5) is 0 Å². The van der Waals surface area contributed by atoms with Gasteiger partial charge in [0.15, 0.2) is 4.34 Å². The number of benzene rings is 1. The monoisotopic (exact) mass is 307 g/mol. The third-order valence-corrected chi connectivity index (χ3v) is 4.12. The van der Waals surface area contributed by atoms with Crippen LogP contribution in [0.2, 0.25) is 0 Å². The quantitative estimate of drug-likeness (QED) is 0.501. The second-order valence-electron chi connectivity index (χ2n) is 3.61. The normalized spacial score (nSPS) is 11.3. The van der Waals surface area contributed by atoms with Crippen molar-refractivity contribution in [3.8, 4) is 0 Å². The second-order valence-corrected chi connectivity index (χ2v) is 5.79. The van der Waals surface area contributed by atoms with E-state index >= 15 is 0 Å². The number of carbonyl (C=O) groups is 2. The molecule has 7 heteroatoms. The zero-order valence-electron chi connectivity index (χ0n) is 10.0. The lowest BCUT2D eigenvalue weighted by Crippen LogP contribution is -2.04. The first kappa shape index (κ1) is 14.3. The van der Waals surface area contributed by atoms with Crippen molar-refractivity contribution in [2.75, 3.05) is 0 Å². The molecule has 0 radical (unpaired) electrons. The van der Waals surface area contributed by atoms with Crippen molar-refractivity contribution in [3.63, 3.8) is 0 Å². The Hall–Kier alpha value is -2.12. The van der Waals surface area contributed by atoms with Gasteiger partial charge in [-0.1, -0.05) is 30.0 Å². The fraction of sp³-hybridized carbons (Fsp3) is 0. The molecule has 0 atom stereocenters. The van der Waals surface area contributed by atoms with Gasteiger partial charge in [0.25, 0.3) is 0 Å². The highest BCUT2D eigenvalue weighted by Crippen LogP contribution is 2.30. The smallest absolute Gasteiger partial charge is 0.371 e. The number of thiazole rings is 1. The third kappa shape index (κ3) is 3.69. The van der Waals surface area contributed by atoms with Crippen LogP contribution in [0.15, 0.2) is 56.8 Å². The summed E-state index contributed by atoms with van der Waals surface area (Å²) in [6.45, 7) is 0. The van der Waals surface area contributed by atoms with Crippen LogP contribution in [0.1, 0.15) is 10.5 Å². The fourth-order valence-corrected chi connectivity index (χ4v) is 3.06. The Balaban J connectivity index is 2.11. The van der Waals surface area contributed by atoms with Gasteiger partial charge < -0.3 is 10.2 Å². The number of aliphatic hydroxyl groups is 1. The Morgan fingerprint density at radius 2 is 1.90 bits per heavy atom. The van der Waals surface area contributed by atoms with Gasteiger partial charge in [-0.2, -0.15) is 0 Å². The van der Waals surface area contributed by atoms with Gasteiger partial charge in [-0.05, 0) is 12.1 Å². The molecule has 0 aliphatic carbocycles. The summed E-state index contributed by atoms with van der Waals surface area (Å²) in [6.07, 6.45) is 0.647. The summed E-state index contributed by atoms with van der Waals surface area (Å²) in [6, 6.07) is 9.54. The van der Waals surface area contributed by atoms with Gasteiger partial charge in [0, 0.05) is 16.4 Å². The topological polar surface area (TPSA) is 87.5 Å². The van der Waals surface area contributed by atoms with Crippen molar-refractivity contribution in [2.24, 2.45) is 0 Å². The first-order valence-electron chi connectivity index (χ1n) is 5.43. The average molecular weight is 307 g/mol. The molecule has 0 fully saturated rings. The maximum atomic E-state index is 11.7. The molecule has 1 aromatic heterocycles. The van der Waals surface area contributed by atoms with Crippen molar-refractivity contribution in [1.29, 1.82) is 0 Å². The van der Waals surface area contributed by atoms with Crippen LogP contribution in [-0.2, 0) is 4.79 Å². The molecule has 1 aromatic carbocycles. The highest BCUT2D eigenvalue weighted by atomic mass is 32.2. The SMILES string of the molecule is O=C(O)C(O)=CC(=O)c1csc(Sc2ccccc2)n1. The number of aromatic nitrogens is 1. The minimum atomic E-state index is -1.55. The van der Waals surface area contributed by atoms with Crippen LogP contribution in [0, 0.1) is 0 Å². The number of rotatable bonds is 5. The molecule has 2 N–H and O–H groups in total. The van der Waals surface area contributed by atoms with E-state index in [9.17, 15) is 9.59 Å². The number of hydrogen-bond acceptors (Lipinski definition) is 6. The number of carbonyl (C=O) groups excluding carboxylic acids is 1. The number of nitrogens with zero attached hydrogens (tertiary/aromatic N) is 1. The molecule has 0 unspecified atom stereocenters. The fourth-order valence-electron chi connectivity index (χ4n) is 1.27. The number of allylic oxidation sites excluding steroid dienone is 1. The summed E-state index contributed by atoms with van der Waals surface area (Å²) >= 11 is 2.69. The largest absolute Gasteiger partial charge is 0.502 e. The predicted molar refractivity (Wildman–Crippen MR) is 75.4 cm³/mol. The minimum absolute atomic E-state index is 0.112. The number of aliphatic carboxylic acids is 1. The molecule has 0 amide bonds. The molecule has 0 spiro atoms. The Bertz CT molecular complexity index is 664. The Morgan fingerprint density at radius 1 is 1.20 bits per heavy atom. The maximum absolute atomic E-state index is 11.7. The molecular formula is C13H9NO4S2. The summed E-state index contributed by atoms with van der Waals surface area (Å²) in [5, 5.41) is 19.0. The molecule has 2 aromatic rings. The summed E-state index contributed by atoms with van der Waals surface area (Å²) in [5.41, 5.74) is 0.112. The van der Waals surface area contributed by atoms with Crippen molar-refractivity contribution >= 4 is 34.9 Å². The Kier molecular flexibility index (Phi) is 4.54. The second kappa shape index (κ2) is 6.36. The van der Waals surface area contributed by atoms with E-state index in [1.54, 1.807) is 0 Å². The lowest BCUT2D eigenvalue weighted by atomic mass is 10.3. The van der Waals surface area contributed by atoms with Crippen LogP contribution in [0.25, 0.3) is 0 Å². The molecule has 0 saturated carbocycles. The van der Waals surface area contributed by atoms with E-state index in [0.29, 0.717) is 10.4 Å². The first-order valence-corrected chi connectivity index (χ1v) is 7.12. The standard InChI is InChI=1S/C13H9NO4S2/c15-10(6-11(16)12(17)18)9-7-19-13(14-9)20-8-4-2-1-3-5-8/h1-7,16H,(H,17,18). The molecule has 5 nitrogen and oxygen atoms in total. The van der Waals surface area contributed by atoms with Gasteiger partial charge in [0.05, 0.1) is 0 Å². The Morgan fingerprint density at radius 3 is 2.55 bits per heavy atom. The molecule has 2 rings (SSSR count). The summed E-state index contributed by atoms with van der Waals surface area (Å²) in [5.74, 6) is -3.19. The molecule has 0 saturated heterocycles. The van der Waals surface area contributed by atoms with E-state index in [1.807, 2.05) is 30.3 Å². The van der Waals surface area contributed by atoms with E-state index in [2.05, 4.69) is 4.98 Å². The van der Waals surface area contributed by atoms with Crippen molar-refractivity contribution < 1.29 is 19.8 Å². The van der Waals surface area contributed by atoms with E-state index in [0.717, 1.165) is 4.90 Å². The van der Waals surface area contributed by atoms with Gasteiger partial charge in [-0.15, -0.1) is 11.3 Å². The number of carboxylic acids is 1.